The monoisotopic (exact) mass is 208 g/mol. The molecule has 1 saturated heterocycles. The van der Waals surface area contributed by atoms with E-state index in [0.717, 1.165) is 0 Å². The fourth-order valence-corrected chi connectivity index (χ4v) is 2.30. The Morgan fingerprint density at radius 2 is 2.00 bits per heavy atom. The fraction of sp³-hybridized carbons (Fsp3) is 0.583. The first kappa shape index (κ1) is 10.4. The van der Waals surface area contributed by atoms with E-state index in [4.69, 9.17) is 9.15 Å². The first-order chi connectivity index (χ1) is 7.11. The predicted octanol–water partition coefficient (Wildman–Crippen LogP) is 2.52. The second-order valence-electron chi connectivity index (χ2n) is 4.27. The summed E-state index contributed by atoms with van der Waals surface area (Å²) in [6.45, 7) is 6.02. The number of carbonyl (C=O) groups is 1. The molecule has 0 aliphatic carbocycles. The number of hydrogen-bond donors (Lipinski definition) is 0. The van der Waals surface area contributed by atoms with Crippen LogP contribution in [0, 0.1) is 11.8 Å². The van der Waals surface area contributed by atoms with Gasteiger partial charge in [0.25, 0.3) is 0 Å². The van der Waals surface area contributed by atoms with Gasteiger partial charge in [0.2, 0.25) is 5.78 Å². The maximum atomic E-state index is 12.1. The van der Waals surface area contributed by atoms with Crippen molar-refractivity contribution < 1.29 is 13.9 Å². The Balaban J connectivity index is 2.20. The molecule has 1 aliphatic rings. The van der Waals surface area contributed by atoms with Gasteiger partial charge in [0.15, 0.2) is 5.76 Å². The number of Topliss-reactive ketones (excluding diaryl/α,β-unsaturated/α-hetero) is 1. The molecule has 4 unspecified atom stereocenters. The summed E-state index contributed by atoms with van der Waals surface area (Å²) in [5.41, 5.74) is 0. The lowest BCUT2D eigenvalue weighted by Gasteiger charge is -2.15. The molecule has 0 spiro atoms. The molecule has 4 atom stereocenters. The molecule has 0 amide bonds. The van der Waals surface area contributed by atoms with Crippen LogP contribution in [0.4, 0.5) is 0 Å². The predicted molar refractivity (Wildman–Crippen MR) is 55.7 cm³/mol. The largest absolute Gasteiger partial charge is 0.461 e. The highest BCUT2D eigenvalue weighted by molar-refractivity contribution is 5.96. The van der Waals surface area contributed by atoms with Crippen LogP contribution in [0.1, 0.15) is 31.3 Å². The van der Waals surface area contributed by atoms with Crippen molar-refractivity contribution >= 4 is 5.78 Å². The summed E-state index contributed by atoms with van der Waals surface area (Å²) in [6.07, 6.45) is 1.65. The second kappa shape index (κ2) is 3.81. The molecule has 0 N–H and O–H groups in total. The van der Waals surface area contributed by atoms with Gasteiger partial charge in [-0.1, -0.05) is 6.92 Å². The second-order valence-corrected chi connectivity index (χ2v) is 4.27. The van der Waals surface area contributed by atoms with Crippen molar-refractivity contribution in [2.24, 2.45) is 11.8 Å². The van der Waals surface area contributed by atoms with Crippen molar-refractivity contribution in [1.82, 2.24) is 0 Å². The molecular weight excluding hydrogens is 192 g/mol. The van der Waals surface area contributed by atoms with E-state index < -0.39 is 0 Å². The van der Waals surface area contributed by atoms with E-state index in [1.54, 1.807) is 12.1 Å². The molecule has 82 valence electrons. The van der Waals surface area contributed by atoms with Crippen LogP contribution in [0.15, 0.2) is 22.8 Å². The zero-order valence-corrected chi connectivity index (χ0v) is 9.27. The maximum absolute atomic E-state index is 12.1. The average Bonchev–Trinajstić information content (AvgIpc) is 2.76. The Morgan fingerprint density at radius 1 is 1.27 bits per heavy atom. The van der Waals surface area contributed by atoms with Crippen molar-refractivity contribution in [3.05, 3.63) is 24.2 Å². The minimum Gasteiger partial charge on any atom is -0.461 e. The van der Waals surface area contributed by atoms with Crippen LogP contribution < -0.4 is 0 Å². The number of ether oxygens (including phenoxy) is 1. The minimum absolute atomic E-state index is 0.0207. The normalized spacial score (nSPS) is 35.7. The van der Waals surface area contributed by atoms with Gasteiger partial charge in [-0.2, -0.15) is 0 Å². The zero-order valence-electron chi connectivity index (χ0n) is 9.27. The summed E-state index contributed by atoms with van der Waals surface area (Å²) in [5, 5.41) is 0. The van der Waals surface area contributed by atoms with E-state index in [1.165, 1.54) is 6.26 Å². The number of rotatable bonds is 2. The lowest BCUT2D eigenvalue weighted by Crippen LogP contribution is -2.26. The van der Waals surface area contributed by atoms with Gasteiger partial charge >= 0.3 is 0 Å². The Labute approximate surface area is 89.4 Å². The van der Waals surface area contributed by atoms with E-state index in [-0.39, 0.29) is 29.8 Å². The molecule has 15 heavy (non-hydrogen) atoms. The Kier molecular flexibility index (Phi) is 2.65. The van der Waals surface area contributed by atoms with Gasteiger partial charge in [0.1, 0.15) is 0 Å². The lowest BCUT2D eigenvalue weighted by molar-refractivity contribution is 0.0485. The van der Waals surface area contributed by atoms with E-state index in [2.05, 4.69) is 6.92 Å². The maximum Gasteiger partial charge on any atom is 0.203 e. The van der Waals surface area contributed by atoms with Gasteiger partial charge in [-0.15, -0.1) is 0 Å². The number of ketones is 1. The Morgan fingerprint density at radius 3 is 2.47 bits per heavy atom. The fourth-order valence-electron chi connectivity index (χ4n) is 2.30. The summed E-state index contributed by atoms with van der Waals surface area (Å²) in [7, 11) is 0. The quantitative estimate of drug-likeness (QED) is 0.701. The van der Waals surface area contributed by atoms with Crippen molar-refractivity contribution in [2.75, 3.05) is 0 Å². The van der Waals surface area contributed by atoms with Gasteiger partial charge in [-0.25, -0.2) is 0 Å². The van der Waals surface area contributed by atoms with Crippen molar-refractivity contribution in [2.45, 2.75) is 33.0 Å². The molecule has 0 bridgehead atoms. The van der Waals surface area contributed by atoms with E-state index in [9.17, 15) is 4.79 Å². The number of hydrogen-bond acceptors (Lipinski definition) is 3. The van der Waals surface area contributed by atoms with Crippen LogP contribution in [0.25, 0.3) is 0 Å². The third-order valence-corrected chi connectivity index (χ3v) is 3.31. The summed E-state index contributed by atoms with van der Waals surface area (Å²) in [5.74, 6) is 0.671. The van der Waals surface area contributed by atoms with Gasteiger partial charge in [-0.05, 0) is 31.9 Å². The smallest absolute Gasteiger partial charge is 0.203 e. The average molecular weight is 208 g/mol. The lowest BCUT2D eigenvalue weighted by atomic mass is 9.85. The Hall–Kier alpha value is -1.09. The van der Waals surface area contributed by atoms with Gasteiger partial charge in [-0.3, -0.25) is 4.79 Å². The molecule has 0 aromatic carbocycles. The van der Waals surface area contributed by atoms with Crippen LogP contribution in [0.3, 0.4) is 0 Å². The van der Waals surface area contributed by atoms with Gasteiger partial charge in [0.05, 0.1) is 24.4 Å². The third-order valence-electron chi connectivity index (χ3n) is 3.31. The van der Waals surface area contributed by atoms with Crippen LogP contribution in [0.5, 0.6) is 0 Å². The highest BCUT2D eigenvalue weighted by Gasteiger charge is 2.42. The molecule has 3 nitrogen and oxygen atoms in total. The Bertz CT molecular complexity index is 342. The molecule has 2 rings (SSSR count). The minimum atomic E-state index is -0.0776. The SMILES string of the molecule is CC1OC(C)C(C(=O)c2ccco2)C1C. The van der Waals surface area contributed by atoms with Gasteiger partial charge in [0, 0.05) is 0 Å². The number of furan rings is 1. The number of carbonyl (C=O) groups excluding carboxylic acids is 1. The van der Waals surface area contributed by atoms with Crippen molar-refractivity contribution in [3.8, 4) is 0 Å². The highest BCUT2D eigenvalue weighted by atomic mass is 16.5. The first-order valence-electron chi connectivity index (χ1n) is 5.34. The standard InChI is InChI=1S/C12H16O3/c1-7-8(2)15-9(3)11(7)12(13)10-5-4-6-14-10/h4-9,11H,1-3H3. The van der Waals surface area contributed by atoms with Gasteiger partial charge < -0.3 is 9.15 Å². The molecule has 0 saturated carbocycles. The molecular formula is C12H16O3. The molecule has 0 radical (unpaired) electrons. The zero-order chi connectivity index (χ0) is 11.0. The molecule has 1 fully saturated rings. The summed E-state index contributed by atoms with van der Waals surface area (Å²) >= 11 is 0. The molecule has 1 aromatic heterocycles. The third kappa shape index (κ3) is 1.72. The van der Waals surface area contributed by atoms with E-state index >= 15 is 0 Å². The summed E-state index contributed by atoms with van der Waals surface area (Å²) < 4.78 is 10.8. The van der Waals surface area contributed by atoms with Crippen LogP contribution in [-0.4, -0.2) is 18.0 Å². The highest BCUT2D eigenvalue weighted by Crippen LogP contribution is 2.34. The van der Waals surface area contributed by atoms with Crippen LogP contribution in [-0.2, 0) is 4.74 Å². The molecule has 1 aromatic rings. The van der Waals surface area contributed by atoms with E-state index in [1.807, 2.05) is 13.8 Å². The van der Waals surface area contributed by atoms with Crippen LogP contribution in [0.2, 0.25) is 0 Å². The summed E-state index contributed by atoms with van der Waals surface area (Å²) in [6, 6.07) is 3.45. The first-order valence-corrected chi connectivity index (χ1v) is 5.34. The van der Waals surface area contributed by atoms with Crippen molar-refractivity contribution in [1.29, 1.82) is 0 Å². The van der Waals surface area contributed by atoms with Crippen molar-refractivity contribution in [3.63, 3.8) is 0 Å². The van der Waals surface area contributed by atoms with Crippen LogP contribution >= 0.6 is 0 Å². The molecule has 1 aliphatic heterocycles. The van der Waals surface area contributed by atoms with E-state index in [0.29, 0.717) is 5.76 Å². The molecule has 3 heteroatoms. The molecule has 2 heterocycles. The topological polar surface area (TPSA) is 39.4 Å². The summed E-state index contributed by atoms with van der Waals surface area (Å²) in [4.78, 5) is 12.1.